The average Bonchev–Trinajstić information content (AvgIpc) is 2.69. The highest BCUT2D eigenvalue weighted by atomic mass is 32.2. The number of hydrogen-bond acceptors (Lipinski definition) is 5. The van der Waals surface area contributed by atoms with Gasteiger partial charge in [0, 0.05) is 36.3 Å². The van der Waals surface area contributed by atoms with Crippen molar-refractivity contribution in [1.29, 1.82) is 0 Å². The number of ether oxygens (including phenoxy) is 1. The maximum absolute atomic E-state index is 11.0. The van der Waals surface area contributed by atoms with Gasteiger partial charge in [-0.1, -0.05) is 0 Å². The summed E-state index contributed by atoms with van der Waals surface area (Å²) in [6.45, 7) is 1.69. The lowest BCUT2D eigenvalue weighted by molar-refractivity contribution is 0.180. The molecule has 6 heteroatoms. The molecule has 0 amide bonds. The molecule has 1 heterocycles. The van der Waals surface area contributed by atoms with Crippen molar-refractivity contribution < 1.29 is 13.2 Å². The zero-order valence-corrected chi connectivity index (χ0v) is 11.6. The summed E-state index contributed by atoms with van der Waals surface area (Å²) in [4.78, 5) is 0. The molecule has 96 valence electrons. The van der Waals surface area contributed by atoms with Gasteiger partial charge in [0.2, 0.25) is 0 Å². The molecule has 0 aromatic heterocycles. The van der Waals surface area contributed by atoms with E-state index in [-0.39, 0.29) is 5.75 Å². The van der Waals surface area contributed by atoms with Crippen molar-refractivity contribution in [1.82, 2.24) is 5.32 Å². The summed E-state index contributed by atoms with van der Waals surface area (Å²) in [6, 6.07) is 0.437. The van der Waals surface area contributed by atoms with E-state index in [0.29, 0.717) is 17.7 Å². The summed E-state index contributed by atoms with van der Waals surface area (Å²) in [6.07, 6.45) is 2.39. The Morgan fingerprint density at radius 1 is 1.56 bits per heavy atom. The molecule has 1 N–H and O–H groups in total. The first-order chi connectivity index (χ1) is 7.53. The highest BCUT2D eigenvalue weighted by Gasteiger charge is 2.24. The van der Waals surface area contributed by atoms with E-state index in [9.17, 15) is 8.42 Å². The molecule has 0 aromatic carbocycles. The molecule has 0 saturated carbocycles. The van der Waals surface area contributed by atoms with E-state index >= 15 is 0 Å². The van der Waals surface area contributed by atoms with Gasteiger partial charge in [-0.3, -0.25) is 0 Å². The van der Waals surface area contributed by atoms with Gasteiger partial charge in [-0.05, 0) is 13.5 Å². The van der Waals surface area contributed by atoms with Crippen LogP contribution >= 0.6 is 11.8 Å². The second-order valence-electron chi connectivity index (χ2n) is 4.22. The van der Waals surface area contributed by atoms with Gasteiger partial charge in [-0.15, -0.1) is 0 Å². The summed E-state index contributed by atoms with van der Waals surface area (Å²) in [5, 5.41) is 3.29. The maximum Gasteiger partial charge on any atom is 0.148 e. The van der Waals surface area contributed by atoms with Crippen molar-refractivity contribution >= 4 is 21.6 Å². The molecule has 0 aliphatic carbocycles. The van der Waals surface area contributed by atoms with E-state index in [2.05, 4.69) is 5.32 Å². The largest absolute Gasteiger partial charge is 0.381 e. The number of rotatable bonds is 7. The Hall–Kier alpha value is 0.220. The van der Waals surface area contributed by atoms with Crippen molar-refractivity contribution in [2.75, 3.05) is 43.8 Å². The second-order valence-corrected chi connectivity index (χ2v) is 7.63. The Morgan fingerprint density at radius 3 is 2.81 bits per heavy atom. The molecular formula is C10H21NO3S2. The predicted octanol–water partition coefficient (Wildman–Crippen LogP) is 0.389. The lowest BCUT2D eigenvalue weighted by Crippen LogP contribution is -2.36. The molecule has 0 spiro atoms. The highest BCUT2D eigenvalue weighted by molar-refractivity contribution is 8.00. The summed E-state index contributed by atoms with van der Waals surface area (Å²) < 4.78 is 27.3. The first kappa shape index (κ1) is 14.3. The Balaban J connectivity index is 2.18. The van der Waals surface area contributed by atoms with Gasteiger partial charge in [0.05, 0.1) is 12.4 Å². The summed E-state index contributed by atoms with van der Waals surface area (Å²) >= 11 is 1.70. The molecule has 1 aliphatic heterocycles. The Kier molecular flexibility index (Phi) is 6.10. The van der Waals surface area contributed by atoms with Crippen molar-refractivity contribution in [3.05, 3.63) is 0 Å². The van der Waals surface area contributed by atoms with E-state index in [1.54, 1.807) is 11.8 Å². The van der Waals surface area contributed by atoms with Gasteiger partial charge in [-0.2, -0.15) is 11.8 Å². The van der Waals surface area contributed by atoms with E-state index in [1.165, 1.54) is 6.26 Å². The second kappa shape index (κ2) is 6.83. The molecule has 1 aliphatic rings. The summed E-state index contributed by atoms with van der Waals surface area (Å²) in [7, 11) is -0.855. The van der Waals surface area contributed by atoms with Crippen molar-refractivity contribution in [3.63, 3.8) is 0 Å². The molecule has 1 fully saturated rings. The molecule has 2 unspecified atom stereocenters. The lowest BCUT2D eigenvalue weighted by Gasteiger charge is -2.21. The van der Waals surface area contributed by atoms with Crippen LogP contribution in [0, 0.1) is 5.92 Å². The van der Waals surface area contributed by atoms with Gasteiger partial charge in [-0.25, -0.2) is 8.42 Å². The minimum atomic E-state index is -2.81. The van der Waals surface area contributed by atoms with Gasteiger partial charge in [0.15, 0.2) is 0 Å². The van der Waals surface area contributed by atoms with Crippen LogP contribution in [-0.4, -0.2) is 58.2 Å². The molecule has 0 aromatic rings. The van der Waals surface area contributed by atoms with Gasteiger partial charge in [0.1, 0.15) is 9.84 Å². The Morgan fingerprint density at radius 2 is 2.31 bits per heavy atom. The summed E-state index contributed by atoms with van der Waals surface area (Å²) in [5.74, 6) is 2.50. The highest BCUT2D eigenvalue weighted by Crippen LogP contribution is 2.19. The van der Waals surface area contributed by atoms with Crippen molar-refractivity contribution in [2.24, 2.45) is 5.92 Å². The van der Waals surface area contributed by atoms with Crippen LogP contribution in [0.3, 0.4) is 0 Å². The zero-order chi connectivity index (χ0) is 12.0. The molecule has 1 rings (SSSR count). The lowest BCUT2D eigenvalue weighted by atomic mass is 10.0. The molecule has 16 heavy (non-hydrogen) atoms. The number of sulfone groups is 1. The first-order valence-electron chi connectivity index (χ1n) is 5.53. The van der Waals surface area contributed by atoms with Crippen LogP contribution in [0.2, 0.25) is 0 Å². The topological polar surface area (TPSA) is 55.4 Å². The van der Waals surface area contributed by atoms with Crippen LogP contribution in [-0.2, 0) is 14.6 Å². The average molecular weight is 267 g/mol. The predicted molar refractivity (Wildman–Crippen MR) is 68.8 cm³/mol. The van der Waals surface area contributed by atoms with Gasteiger partial charge in [0.25, 0.3) is 0 Å². The molecule has 0 bridgehead atoms. The van der Waals surface area contributed by atoms with E-state index in [4.69, 9.17) is 4.74 Å². The van der Waals surface area contributed by atoms with Crippen LogP contribution in [0.1, 0.15) is 6.42 Å². The fraction of sp³-hybridized carbons (Fsp3) is 1.00. The third kappa shape index (κ3) is 5.52. The van der Waals surface area contributed by atoms with E-state index in [1.807, 2.05) is 7.05 Å². The third-order valence-electron chi connectivity index (χ3n) is 2.80. The van der Waals surface area contributed by atoms with Crippen molar-refractivity contribution in [2.45, 2.75) is 12.5 Å². The maximum atomic E-state index is 11.0. The monoisotopic (exact) mass is 267 g/mol. The Labute approximate surface area is 102 Å². The van der Waals surface area contributed by atoms with Crippen molar-refractivity contribution in [3.8, 4) is 0 Å². The fourth-order valence-electron chi connectivity index (χ4n) is 1.75. The van der Waals surface area contributed by atoms with Crippen LogP contribution in [0.15, 0.2) is 0 Å². The van der Waals surface area contributed by atoms with Gasteiger partial charge >= 0.3 is 0 Å². The minimum absolute atomic E-state index is 0.273. The molecule has 4 nitrogen and oxygen atoms in total. The standard InChI is InChI=1S/C10H21NO3S2/c1-11-10(9-3-4-14-7-9)8-15-5-6-16(2,12)13/h9-11H,3-8H2,1-2H3. The smallest absolute Gasteiger partial charge is 0.148 e. The number of nitrogens with one attached hydrogen (secondary N) is 1. The van der Waals surface area contributed by atoms with E-state index in [0.717, 1.165) is 25.4 Å². The quantitative estimate of drug-likeness (QED) is 0.676. The van der Waals surface area contributed by atoms with Crippen LogP contribution in [0.4, 0.5) is 0 Å². The van der Waals surface area contributed by atoms with Crippen LogP contribution in [0.25, 0.3) is 0 Å². The number of hydrogen-bond donors (Lipinski definition) is 1. The molecule has 0 radical (unpaired) electrons. The normalized spacial score (nSPS) is 23.5. The number of thioether (sulfide) groups is 1. The summed E-state index contributed by atoms with van der Waals surface area (Å²) in [5.41, 5.74) is 0. The fourth-order valence-corrected chi connectivity index (χ4v) is 4.29. The first-order valence-corrected chi connectivity index (χ1v) is 8.75. The third-order valence-corrected chi connectivity index (χ3v) is 5.09. The SMILES string of the molecule is CNC(CSCCS(C)(=O)=O)C1CCOC1. The van der Waals surface area contributed by atoms with Gasteiger partial charge < -0.3 is 10.1 Å². The van der Waals surface area contributed by atoms with Crippen LogP contribution < -0.4 is 5.32 Å². The Bertz CT molecular complexity index is 286. The molecule has 1 saturated heterocycles. The zero-order valence-electron chi connectivity index (χ0n) is 9.94. The molecular weight excluding hydrogens is 246 g/mol. The van der Waals surface area contributed by atoms with E-state index < -0.39 is 9.84 Å². The van der Waals surface area contributed by atoms with Crippen LogP contribution in [0.5, 0.6) is 0 Å². The molecule has 2 atom stereocenters. The minimum Gasteiger partial charge on any atom is -0.381 e.